The second-order valence-electron chi connectivity index (χ2n) is 6.02. The molecule has 6 nitrogen and oxygen atoms in total. The SMILES string of the molecule is CN(CC(=O)NCc1ccc(F)cc1)S(=O)(=O)c1cccc2cnccc12.Cl. The van der Waals surface area contributed by atoms with Crippen LogP contribution in [-0.2, 0) is 21.4 Å². The third-order valence-corrected chi connectivity index (χ3v) is 5.96. The molecule has 1 amide bonds. The standard InChI is InChI=1S/C19H18FN3O3S.ClH/c1-23(13-19(24)22-11-14-5-7-16(20)8-6-14)27(25,26)18-4-2-3-15-12-21-10-9-17(15)18;/h2-10,12H,11,13H2,1H3,(H,22,24);1H. The number of carbonyl (C=O) groups is 1. The number of carbonyl (C=O) groups excluding carboxylic acids is 1. The van der Waals surface area contributed by atoms with Gasteiger partial charge in [-0.15, -0.1) is 12.4 Å². The Morgan fingerprint density at radius 2 is 1.86 bits per heavy atom. The van der Waals surface area contributed by atoms with Crippen molar-refractivity contribution in [1.82, 2.24) is 14.6 Å². The summed E-state index contributed by atoms with van der Waals surface area (Å²) in [7, 11) is -2.50. The van der Waals surface area contributed by atoms with E-state index in [-0.39, 0.29) is 36.2 Å². The van der Waals surface area contributed by atoms with Crippen molar-refractivity contribution < 1.29 is 17.6 Å². The lowest BCUT2D eigenvalue weighted by molar-refractivity contribution is -0.121. The number of benzene rings is 2. The van der Waals surface area contributed by atoms with E-state index >= 15 is 0 Å². The molecule has 3 rings (SSSR count). The second kappa shape index (κ2) is 9.09. The first kappa shape index (κ1) is 21.7. The van der Waals surface area contributed by atoms with E-state index in [4.69, 9.17) is 0 Å². The van der Waals surface area contributed by atoms with Crippen molar-refractivity contribution in [2.75, 3.05) is 13.6 Å². The molecule has 1 aromatic heterocycles. The first-order valence-corrected chi connectivity index (χ1v) is 9.62. The zero-order chi connectivity index (χ0) is 19.4. The Balaban J connectivity index is 0.00000280. The molecule has 0 saturated carbocycles. The zero-order valence-corrected chi connectivity index (χ0v) is 16.6. The molecular weight excluding hydrogens is 405 g/mol. The summed E-state index contributed by atoms with van der Waals surface area (Å²) in [6, 6.07) is 12.3. The number of hydrogen-bond acceptors (Lipinski definition) is 4. The summed E-state index contributed by atoms with van der Waals surface area (Å²) >= 11 is 0. The third kappa shape index (κ3) is 4.83. The molecular formula is C19H19ClFN3O3S. The molecule has 1 N–H and O–H groups in total. The molecule has 0 bridgehead atoms. The maximum absolute atomic E-state index is 12.9. The average molecular weight is 424 g/mol. The van der Waals surface area contributed by atoms with E-state index in [1.54, 1.807) is 36.5 Å². The highest BCUT2D eigenvalue weighted by Gasteiger charge is 2.24. The molecule has 148 valence electrons. The molecule has 0 aliphatic heterocycles. The fourth-order valence-electron chi connectivity index (χ4n) is 2.63. The van der Waals surface area contributed by atoms with Crippen molar-refractivity contribution in [3.8, 4) is 0 Å². The average Bonchev–Trinajstić information content (AvgIpc) is 2.67. The molecule has 0 spiro atoms. The normalized spacial score (nSPS) is 11.2. The second-order valence-corrected chi connectivity index (χ2v) is 8.03. The fraction of sp³-hybridized carbons (Fsp3) is 0.158. The van der Waals surface area contributed by atoms with E-state index in [9.17, 15) is 17.6 Å². The number of halogens is 2. The number of rotatable bonds is 6. The van der Waals surface area contributed by atoms with Gasteiger partial charge in [-0.25, -0.2) is 12.8 Å². The molecule has 0 unspecified atom stereocenters. The van der Waals surface area contributed by atoms with Gasteiger partial charge >= 0.3 is 0 Å². The minimum atomic E-state index is -3.85. The van der Waals surface area contributed by atoms with Crippen molar-refractivity contribution >= 4 is 39.1 Å². The number of likely N-dealkylation sites (N-methyl/N-ethyl adjacent to an activating group) is 1. The van der Waals surface area contributed by atoms with Gasteiger partial charge in [-0.3, -0.25) is 9.78 Å². The van der Waals surface area contributed by atoms with Crippen LogP contribution in [0, 0.1) is 5.82 Å². The quantitative estimate of drug-likeness (QED) is 0.661. The lowest BCUT2D eigenvalue weighted by Crippen LogP contribution is -2.38. The summed E-state index contributed by atoms with van der Waals surface area (Å²) in [5.41, 5.74) is 0.719. The van der Waals surface area contributed by atoms with Crippen molar-refractivity contribution in [2.24, 2.45) is 0 Å². The van der Waals surface area contributed by atoms with Gasteiger partial charge in [0.05, 0.1) is 11.4 Å². The molecule has 0 radical (unpaired) electrons. The van der Waals surface area contributed by atoms with Crippen LogP contribution in [0.3, 0.4) is 0 Å². The molecule has 2 aromatic carbocycles. The summed E-state index contributed by atoms with van der Waals surface area (Å²) in [6.07, 6.45) is 3.11. The summed E-state index contributed by atoms with van der Waals surface area (Å²) < 4.78 is 39.7. The minimum absolute atomic E-state index is 0. The van der Waals surface area contributed by atoms with Crippen molar-refractivity contribution in [1.29, 1.82) is 0 Å². The maximum atomic E-state index is 12.9. The van der Waals surface area contributed by atoms with Gasteiger partial charge in [-0.05, 0) is 29.8 Å². The van der Waals surface area contributed by atoms with Gasteiger partial charge in [0.2, 0.25) is 15.9 Å². The van der Waals surface area contributed by atoms with Gasteiger partial charge in [0, 0.05) is 36.8 Å². The van der Waals surface area contributed by atoms with Crippen LogP contribution >= 0.6 is 12.4 Å². The molecule has 0 aliphatic rings. The highest BCUT2D eigenvalue weighted by atomic mass is 35.5. The van der Waals surface area contributed by atoms with Crippen molar-refractivity contribution in [2.45, 2.75) is 11.4 Å². The Kier molecular flexibility index (Phi) is 7.06. The monoisotopic (exact) mass is 423 g/mol. The van der Waals surface area contributed by atoms with Crippen LogP contribution in [0.4, 0.5) is 4.39 Å². The number of nitrogens with zero attached hydrogens (tertiary/aromatic N) is 2. The van der Waals surface area contributed by atoms with Crippen LogP contribution in [0.1, 0.15) is 5.56 Å². The number of aromatic nitrogens is 1. The molecule has 1 heterocycles. The number of nitrogens with one attached hydrogen (secondary N) is 1. The molecule has 3 aromatic rings. The number of fused-ring (bicyclic) bond motifs is 1. The number of amides is 1. The van der Waals surface area contributed by atoms with Gasteiger partial charge in [-0.2, -0.15) is 4.31 Å². The van der Waals surface area contributed by atoms with Crippen LogP contribution in [-0.4, -0.2) is 37.2 Å². The predicted molar refractivity (Wildman–Crippen MR) is 107 cm³/mol. The van der Waals surface area contributed by atoms with E-state index in [1.165, 1.54) is 31.4 Å². The van der Waals surface area contributed by atoms with Gasteiger partial charge in [0.15, 0.2) is 0 Å². The van der Waals surface area contributed by atoms with Gasteiger partial charge < -0.3 is 5.32 Å². The van der Waals surface area contributed by atoms with Crippen molar-refractivity contribution in [3.05, 3.63) is 72.3 Å². The highest BCUT2D eigenvalue weighted by Crippen LogP contribution is 2.24. The van der Waals surface area contributed by atoms with Crippen LogP contribution in [0.25, 0.3) is 10.8 Å². The first-order chi connectivity index (χ1) is 12.9. The molecule has 0 fully saturated rings. The van der Waals surface area contributed by atoms with Crippen LogP contribution in [0.5, 0.6) is 0 Å². The molecule has 9 heteroatoms. The summed E-state index contributed by atoms with van der Waals surface area (Å²) in [4.78, 5) is 16.2. The van der Waals surface area contributed by atoms with E-state index in [0.717, 1.165) is 9.87 Å². The largest absolute Gasteiger partial charge is 0.351 e. The van der Waals surface area contributed by atoms with E-state index in [1.807, 2.05) is 0 Å². The molecule has 0 aliphatic carbocycles. The minimum Gasteiger partial charge on any atom is -0.351 e. The zero-order valence-electron chi connectivity index (χ0n) is 15.0. The Morgan fingerprint density at radius 3 is 2.57 bits per heavy atom. The lowest BCUT2D eigenvalue weighted by Gasteiger charge is -2.18. The highest BCUT2D eigenvalue weighted by molar-refractivity contribution is 7.89. The van der Waals surface area contributed by atoms with E-state index < -0.39 is 15.9 Å². The Morgan fingerprint density at radius 1 is 1.14 bits per heavy atom. The van der Waals surface area contributed by atoms with Gasteiger partial charge in [0.25, 0.3) is 0 Å². The summed E-state index contributed by atoms with van der Waals surface area (Å²) in [6.45, 7) is -0.141. The molecule has 0 atom stereocenters. The van der Waals surface area contributed by atoms with Crippen LogP contribution < -0.4 is 5.32 Å². The summed E-state index contributed by atoms with van der Waals surface area (Å²) in [5, 5.41) is 3.88. The van der Waals surface area contributed by atoms with Crippen LogP contribution in [0.2, 0.25) is 0 Å². The Bertz CT molecular complexity index is 1070. The van der Waals surface area contributed by atoms with Crippen molar-refractivity contribution in [3.63, 3.8) is 0 Å². The van der Waals surface area contributed by atoms with E-state index in [2.05, 4.69) is 10.3 Å². The van der Waals surface area contributed by atoms with Gasteiger partial charge in [0.1, 0.15) is 5.82 Å². The van der Waals surface area contributed by atoms with E-state index in [0.29, 0.717) is 10.8 Å². The molecule has 0 saturated heterocycles. The number of hydrogen-bond donors (Lipinski definition) is 1. The van der Waals surface area contributed by atoms with Gasteiger partial charge in [-0.1, -0.05) is 24.3 Å². The molecule has 28 heavy (non-hydrogen) atoms. The predicted octanol–water partition coefficient (Wildman–Crippen LogP) is 2.73. The van der Waals surface area contributed by atoms with Crippen LogP contribution in [0.15, 0.2) is 65.8 Å². The number of sulfonamides is 1. The fourth-order valence-corrected chi connectivity index (χ4v) is 3.97. The maximum Gasteiger partial charge on any atom is 0.243 e. The topological polar surface area (TPSA) is 79.4 Å². The Hall–Kier alpha value is -2.55. The Labute approximate surface area is 168 Å². The third-order valence-electron chi connectivity index (χ3n) is 4.10. The number of pyridine rings is 1. The smallest absolute Gasteiger partial charge is 0.243 e. The lowest BCUT2D eigenvalue weighted by atomic mass is 10.2. The first-order valence-electron chi connectivity index (χ1n) is 8.18. The summed E-state index contributed by atoms with van der Waals surface area (Å²) in [5.74, 6) is -0.812.